The van der Waals surface area contributed by atoms with Gasteiger partial charge in [-0.3, -0.25) is 0 Å². The van der Waals surface area contributed by atoms with Gasteiger partial charge in [-0.05, 0) is 43.7 Å². The van der Waals surface area contributed by atoms with E-state index in [1.54, 1.807) is 0 Å². The zero-order chi connectivity index (χ0) is 17.5. The Morgan fingerprint density at radius 2 is 2.00 bits per heavy atom. The fraction of sp³-hybridized carbons (Fsp3) is 0.619. The first-order valence-electron chi connectivity index (χ1n) is 9.66. The first-order chi connectivity index (χ1) is 12.2. The summed E-state index contributed by atoms with van der Waals surface area (Å²) < 4.78 is 24.7. The highest BCUT2D eigenvalue weighted by Crippen LogP contribution is 2.42. The number of hydrogen-bond donors (Lipinski definition) is 0. The van der Waals surface area contributed by atoms with Crippen LogP contribution in [0.25, 0.3) is 0 Å². The molecule has 2 fully saturated rings. The first kappa shape index (κ1) is 18.8. The largest absolute Gasteiger partial charge is 0.348 e. The summed E-state index contributed by atoms with van der Waals surface area (Å²) in [5.41, 5.74) is 0. The maximum atomic E-state index is 13.0. The van der Waals surface area contributed by atoms with Crippen LogP contribution in [-0.4, -0.2) is 23.2 Å². The zero-order valence-corrected chi connectivity index (χ0v) is 16.1. The number of hydrogen-bond acceptors (Lipinski definition) is 3. The summed E-state index contributed by atoms with van der Waals surface area (Å²) in [6, 6.07) is 9.84. The van der Waals surface area contributed by atoms with Crippen molar-refractivity contribution in [3.05, 3.63) is 41.3 Å². The molecule has 1 aromatic rings. The van der Waals surface area contributed by atoms with E-state index in [9.17, 15) is 4.21 Å². The molecule has 0 bridgehead atoms. The van der Waals surface area contributed by atoms with E-state index >= 15 is 0 Å². The molecule has 1 saturated heterocycles. The fourth-order valence-electron chi connectivity index (χ4n) is 3.84. The maximum absolute atomic E-state index is 13.0. The van der Waals surface area contributed by atoms with Crippen LogP contribution in [0.3, 0.4) is 0 Å². The predicted octanol–water partition coefficient (Wildman–Crippen LogP) is 5.19. The summed E-state index contributed by atoms with van der Waals surface area (Å²) in [6.45, 7) is 3.66. The summed E-state index contributed by atoms with van der Waals surface area (Å²) in [5, 5.41) is 0. The molecule has 1 aliphatic heterocycles. The maximum Gasteiger partial charge on any atom is 0.168 e. The molecule has 3 nitrogen and oxygen atoms in total. The van der Waals surface area contributed by atoms with Gasteiger partial charge in [0.05, 0.1) is 24.0 Å². The van der Waals surface area contributed by atoms with Gasteiger partial charge in [-0.25, -0.2) is 4.21 Å². The quantitative estimate of drug-likeness (QED) is 0.597. The molecule has 1 spiro atoms. The van der Waals surface area contributed by atoms with Gasteiger partial charge in [0, 0.05) is 22.6 Å². The molecule has 3 rings (SSSR count). The van der Waals surface area contributed by atoms with Gasteiger partial charge in [0.2, 0.25) is 0 Å². The first-order valence-corrected chi connectivity index (χ1v) is 10.8. The summed E-state index contributed by atoms with van der Waals surface area (Å²) >= 11 is 0. The van der Waals surface area contributed by atoms with Gasteiger partial charge >= 0.3 is 0 Å². The van der Waals surface area contributed by atoms with E-state index in [1.165, 1.54) is 12.8 Å². The number of ether oxygens (including phenoxy) is 2. The lowest BCUT2D eigenvalue weighted by Crippen LogP contribution is -2.25. The second-order valence-corrected chi connectivity index (χ2v) is 8.69. The highest BCUT2D eigenvalue weighted by molar-refractivity contribution is 7.89. The van der Waals surface area contributed by atoms with Crippen LogP contribution >= 0.6 is 0 Å². The van der Waals surface area contributed by atoms with E-state index in [0.29, 0.717) is 5.92 Å². The van der Waals surface area contributed by atoms with Gasteiger partial charge in [-0.2, -0.15) is 0 Å². The molecule has 0 aromatic heterocycles. The number of unbranched alkanes of at least 4 members (excludes halogenated alkanes) is 2. The van der Waals surface area contributed by atoms with Crippen molar-refractivity contribution in [2.75, 3.05) is 13.2 Å². The molecule has 1 saturated carbocycles. The van der Waals surface area contributed by atoms with Crippen LogP contribution in [0.5, 0.6) is 0 Å². The van der Waals surface area contributed by atoms with Gasteiger partial charge in [-0.15, -0.1) is 0 Å². The van der Waals surface area contributed by atoms with Gasteiger partial charge in [0.1, 0.15) is 0 Å². The summed E-state index contributed by atoms with van der Waals surface area (Å²) in [6.07, 6.45) is 10.8. The zero-order valence-electron chi connectivity index (χ0n) is 15.2. The van der Waals surface area contributed by atoms with Gasteiger partial charge in [0.15, 0.2) is 5.79 Å². The van der Waals surface area contributed by atoms with Crippen molar-refractivity contribution >= 4 is 10.8 Å². The Balaban J connectivity index is 1.64. The van der Waals surface area contributed by atoms with Crippen LogP contribution in [0.2, 0.25) is 0 Å². The van der Waals surface area contributed by atoms with Crippen LogP contribution in [0.4, 0.5) is 0 Å². The topological polar surface area (TPSA) is 35.5 Å². The Bertz CT molecular complexity index is 590. The molecular formula is C21H30O3S. The minimum atomic E-state index is -1.04. The molecule has 1 aromatic carbocycles. The Morgan fingerprint density at radius 3 is 2.72 bits per heavy atom. The average Bonchev–Trinajstić information content (AvgIpc) is 3.28. The molecule has 138 valence electrons. The molecule has 2 aliphatic rings. The molecule has 2 unspecified atom stereocenters. The van der Waals surface area contributed by atoms with Crippen molar-refractivity contribution in [2.24, 2.45) is 5.92 Å². The third kappa shape index (κ3) is 5.02. The van der Waals surface area contributed by atoms with Crippen molar-refractivity contribution in [3.8, 4) is 0 Å². The minimum Gasteiger partial charge on any atom is -0.348 e. The lowest BCUT2D eigenvalue weighted by atomic mass is 10.0. The minimum absolute atomic E-state index is 0.306. The molecule has 0 N–H and O–H groups in total. The smallest absolute Gasteiger partial charge is 0.168 e. The summed E-state index contributed by atoms with van der Waals surface area (Å²) in [7, 11) is -1.04. The molecule has 1 aliphatic carbocycles. The van der Waals surface area contributed by atoms with Crippen LogP contribution in [0, 0.1) is 5.92 Å². The molecule has 4 heteroatoms. The second-order valence-electron chi connectivity index (χ2n) is 7.16. The Hall–Kier alpha value is -0.970. The van der Waals surface area contributed by atoms with Crippen LogP contribution < -0.4 is 0 Å². The average molecular weight is 363 g/mol. The van der Waals surface area contributed by atoms with Gasteiger partial charge < -0.3 is 9.47 Å². The van der Waals surface area contributed by atoms with E-state index in [2.05, 4.69) is 13.0 Å². The van der Waals surface area contributed by atoms with Crippen molar-refractivity contribution in [2.45, 2.75) is 69.0 Å². The van der Waals surface area contributed by atoms with Crippen molar-refractivity contribution < 1.29 is 13.7 Å². The van der Waals surface area contributed by atoms with Crippen molar-refractivity contribution in [1.29, 1.82) is 0 Å². The normalized spacial score (nSPS) is 24.0. The molecule has 25 heavy (non-hydrogen) atoms. The van der Waals surface area contributed by atoms with Gasteiger partial charge in [-0.1, -0.05) is 44.0 Å². The lowest BCUT2D eigenvalue weighted by Gasteiger charge is -2.21. The van der Waals surface area contributed by atoms with E-state index < -0.39 is 10.8 Å². The van der Waals surface area contributed by atoms with E-state index in [0.717, 1.165) is 61.5 Å². The molecular weight excluding hydrogens is 332 g/mol. The fourth-order valence-corrected chi connectivity index (χ4v) is 5.13. The molecule has 1 heterocycles. The van der Waals surface area contributed by atoms with Crippen molar-refractivity contribution in [3.63, 3.8) is 0 Å². The standard InChI is InChI=1S/C21H30O3S/c1-2-3-5-8-20(25(22)19-9-6-4-7-10-19)12-11-18-13-14-21(17-18)23-15-16-24-21/h4,6-7,9-10,12,18H,2-3,5,8,11,13-17H2,1H3/b20-12+. The Kier molecular flexibility index (Phi) is 6.85. The van der Waals surface area contributed by atoms with E-state index in [-0.39, 0.29) is 5.79 Å². The molecule has 2 atom stereocenters. The Labute approximate surface area is 154 Å². The lowest BCUT2D eigenvalue weighted by molar-refractivity contribution is -0.152. The number of rotatable bonds is 8. The monoisotopic (exact) mass is 362 g/mol. The number of allylic oxidation sites excluding steroid dienone is 2. The second kappa shape index (κ2) is 9.11. The van der Waals surface area contributed by atoms with Gasteiger partial charge in [0.25, 0.3) is 0 Å². The SMILES string of the molecule is CCCCC/C(=C\CC1CCC2(C1)OCCO2)S(=O)c1ccccc1. The highest BCUT2D eigenvalue weighted by atomic mass is 32.2. The highest BCUT2D eigenvalue weighted by Gasteiger charge is 2.43. The predicted molar refractivity (Wildman–Crippen MR) is 102 cm³/mol. The van der Waals surface area contributed by atoms with Crippen LogP contribution in [0.1, 0.15) is 58.3 Å². The molecule has 0 radical (unpaired) electrons. The van der Waals surface area contributed by atoms with Crippen LogP contribution in [-0.2, 0) is 20.3 Å². The molecule has 0 amide bonds. The Morgan fingerprint density at radius 1 is 1.24 bits per heavy atom. The van der Waals surface area contributed by atoms with E-state index in [4.69, 9.17) is 9.47 Å². The third-order valence-electron chi connectivity index (χ3n) is 5.25. The van der Waals surface area contributed by atoms with Crippen LogP contribution in [0.15, 0.2) is 46.2 Å². The number of benzene rings is 1. The third-order valence-corrected chi connectivity index (χ3v) is 6.80. The summed E-state index contributed by atoms with van der Waals surface area (Å²) in [4.78, 5) is 2.00. The van der Waals surface area contributed by atoms with Crippen molar-refractivity contribution in [1.82, 2.24) is 0 Å². The summed E-state index contributed by atoms with van der Waals surface area (Å²) in [5.74, 6) is 0.270. The van der Waals surface area contributed by atoms with E-state index in [1.807, 2.05) is 30.3 Å².